The number of anilines is 1. The molecule has 5 nitrogen and oxygen atoms in total. The molecule has 8 heteroatoms. The number of hydrogen-bond acceptors (Lipinski definition) is 4. The molecule has 1 aromatic heterocycles. The van der Waals surface area contributed by atoms with Crippen LogP contribution in [0.4, 0.5) is 19.0 Å². The molecule has 0 aliphatic carbocycles. The second-order valence-electron chi connectivity index (χ2n) is 3.96. The zero-order valence-corrected chi connectivity index (χ0v) is 9.90. The number of nitrogens with zero attached hydrogens (tertiary/aromatic N) is 1. The van der Waals surface area contributed by atoms with Gasteiger partial charge in [0.2, 0.25) is 0 Å². The van der Waals surface area contributed by atoms with Gasteiger partial charge in [-0.05, 0) is 12.1 Å². The van der Waals surface area contributed by atoms with E-state index in [4.69, 9.17) is 10.2 Å². The molecule has 1 unspecified atom stereocenters. The summed E-state index contributed by atoms with van der Waals surface area (Å²) in [6.45, 7) is -0.750. The lowest BCUT2D eigenvalue weighted by Crippen LogP contribution is -2.33. The molecule has 106 valence electrons. The molecule has 0 amide bonds. The van der Waals surface area contributed by atoms with Crippen LogP contribution in [-0.2, 0) is 4.79 Å². The third-order valence-electron chi connectivity index (χ3n) is 2.69. The first kappa shape index (κ1) is 14.1. The average Bonchev–Trinajstić information content (AvgIpc) is 2.42. The van der Waals surface area contributed by atoms with Crippen LogP contribution in [0.1, 0.15) is 0 Å². The second kappa shape index (κ2) is 5.33. The van der Waals surface area contributed by atoms with Gasteiger partial charge >= 0.3 is 5.97 Å². The van der Waals surface area contributed by atoms with Crippen LogP contribution >= 0.6 is 0 Å². The van der Waals surface area contributed by atoms with Crippen molar-refractivity contribution in [2.24, 2.45) is 0 Å². The molecule has 1 heterocycles. The van der Waals surface area contributed by atoms with E-state index in [2.05, 4.69) is 10.3 Å². The lowest BCUT2D eigenvalue weighted by molar-refractivity contribution is -0.138. The van der Waals surface area contributed by atoms with E-state index >= 15 is 0 Å². The van der Waals surface area contributed by atoms with Gasteiger partial charge in [0.05, 0.1) is 6.61 Å². The monoisotopic (exact) mass is 286 g/mol. The molecule has 0 saturated carbocycles. The maximum atomic E-state index is 13.6. The SMILES string of the molecule is O=C(O)C(CO)Nc1nccc2c(F)c(F)c(F)cc12. The standard InChI is InChI=1S/C12H9F3N2O3/c13-7-3-6-5(9(14)10(7)15)1-2-16-11(6)17-8(4-18)12(19)20/h1-3,8,18H,4H2,(H,16,17)(H,19,20). The maximum Gasteiger partial charge on any atom is 0.328 e. The van der Waals surface area contributed by atoms with Gasteiger partial charge in [-0.1, -0.05) is 0 Å². The van der Waals surface area contributed by atoms with Crippen LogP contribution in [0.2, 0.25) is 0 Å². The number of carboxylic acid groups (broad SMARTS) is 1. The van der Waals surface area contributed by atoms with Crippen LogP contribution in [0.25, 0.3) is 10.8 Å². The quantitative estimate of drug-likeness (QED) is 0.742. The first-order valence-electron chi connectivity index (χ1n) is 5.48. The minimum Gasteiger partial charge on any atom is -0.480 e. The highest BCUT2D eigenvalue weighted by atomic mass is 19.2. The zero-order valence-electron chi connectivity index (χ0n) is 9.90. The summed E-state index contributed by atoms with van der Waals surface area (Å²) >= 11 is 0. The number of pyridine rings is 1. The number of fused-ring (bicyclic) bond motifs is 1. The predicted octanol–water partition coefficient (Wildman–Crippen LogP) is 1.51. The van der Waals surface area contributed by atoms with E-state index in [-0.39, 0.29) is 16.6 Å². The topological polar surface area (TPSA) is 82.5 Å². The summed E-state index contributed by atoms with van der Waals surface area (Å²) < 4.78 is 39.9. The van der Waals surface area contributed by atoms with E-state index in [1.807, 2.05) is 0 Å². The van der Waals surface area contributed by atoms with Crippen molar-refractivity contribution < 1.29 is 28.2 Å². The Morgan fingerprint density at radius 3 is 2.60 bits per heavy atom. The molecule has 0 fully saturated rings. The third-order valence-corrected chi connectivity index (χ3v) is 2.69. The van der Waals surface area contributed by atoms with E-state index in [1.165, 1.54) is 0 Å². The Morgan fingerprint density at radius 2 is 2.00 bits per heavy atom. The molecular formula is C12H9F3N2O3. The Balaban J connectivity index is 2.58. The first-order chi connectivity index (χ1) is 9.45. The van der Waals surface area contributed by atoms with Crippen LogP contribution in [0.15, 0.2) is 18.3 Å². The third kappa shape index (κ3) is 2.37. The molecule has 3 N–H and O–H groups in total. The summed E-state index contributed by atoms with van der Waals surface area (Å²) in [5.74, 6) is -5.95. The van der Waals surface area contributed by atoms with Crippen LogP contribution in [0.3, 0.4) is 0 Å². The number of aliphatic hydroxyl groups excluding tert-OH is 1. The Bertz CT molecular complexity index is 679. The maximum absolute atomic E-state index is 13.6. The molecule has 0 saturated heterocycles. The van der Waals surface area contributed by atoms with Gasteiger partial charge < -0.3 is 15.5 Å². The number of aliphatic carboxylic acids is 1. The number of aliphatic hydroxyl groups is 1. The number of hydrogen-bond donors (Lipinski definition) is 3. The number of aromatic nitrogens is 1. The first-order valence-corrected chi connectivity index (χ1v) is 5.48. The van der Waals surface area contributed by atoms with Gasteiger partial charge in [0.25, 0.3) is 0 Å². The van der Waals surface area contributed by atoms with E-state index in [0.717, 1.165) is 12.3 Å². The Hall–Kier alpha value is -2.35. The lowest BCUT2D eigenvalue weighted by Gasteiger charge is -2.14. The van der Waals surface area contributed by atoms with Crippen molar-refractivity contribution >= 4 is 22.6 Å². The Kier molecular flexibility index (Phi) is 3.75. The van der Waals surface area contributed by atoms with Crippen molar-refractivity contribution in [3.05, 3.63) is 35.8 Å². The van der Waals surface area contributed by atoms with Crippen molar-refractivity contribution in [2.75, 3.05) is 11.9 Å². The van der Waals surface area contributed by atoms with Crippen LogP contribution in [0.5, 0.6) is 0 Å². The van der Waals surface area contributed by atoms with E-state index in [1.54, 1.807) is 0 Å². The Labute approximate surface area is 110 Å². The van der Waals surface area contributed by atoms with Gasteiger partial charge in [-0.15, -0.1) is 0 Å². The summed E-state index contributed by atoms with van der Waals surface area (Å²) in [6, 6.07) is 0.441. The van der Waals surface area contributed by atoms with Gasteiger partial charge in [-0.2, -0.15) is 0 Å². The van der Waals surface area contributed by atoms with Crippen LogP contribution in [0, 0.1) is 17.5 Å². The average molecular weight is 286 g/mol. The number of benzene rings is 1. The van der Waals surface area contributed by atoms with Crippen molar-refractivity contribution in [3.8, 4) is 0 Å². The highest BCUT2D eigenvalue weighted by molar-refractivity contribution is 5.93. The molecule has 1 atom stereocenters. The number of carbonyl (C=O) groups is 1. The van der Waals surface area contributed by atoms with Gasteiger partial charge in [-0.25, -0.2) is 22.9 Å². The highest BCUT2D eigenvalue weighted by Crippen LogP contribution is 2.27. The second-order valence-corrected chi connectivity index (χ2v) is 3.96. The van der Waals surface area contributed by atoms with Crippen LogP contribution in [-0.4, -0.2) is 33.8 Å². The molecule has 0 bridgehead atoms. The van der Waals surface area contributed by atoms with Crippen molar-refractivity contribution in [2.45, 2.75) is 6.04 Å². The van der Waals surface area contributed by atoms with Gasteiger partial charge in [0.15, 0.2) is 17.5 Å². The largest absolute Gasteiger partial charge is 0.480 e. The van der Waals surface area contributed by atoms with Gasteiger partial charge in [0, 0.05) is 17.0 Å². The van der Waals surface area contributed by atoms with Gasteiger partial charge in [-0.3, -0.25) is 0 Å². The molecule has 1 aromatic carbocycles. The molecule has 20 heavy (non-hydrogen) atoms. The molecule has 2 aromatic rings. The number of carboxylic acids is 1. The van der Waals surface area contributed by atoms with Crippen molar-refractivity contribution in [1.29, 1.82) is 0 Å². The summed E-state index contributed by atoms with van der Waals surface area (Å²) in [5, 5.41) is 19.7. The van der Waals surface area contributed by atoms with Crippen molar-refractivity contribution in [1.82, 2.24) is 4.98 Å². The smallest absolute Gasteiger partial charge is 0.328 e. The number of nitrogens with one attached hydrogen (secondary N) is 1. The molecule has 0 spiro atoms. The summed E-state index contributed by atoms with van der Waals surface area (Å²) in [6.07, 6.45) is 1.11. The normalized spacial score (nSPS) is 12.4. The number of halogens is 3. The van der Waals surface area contributed by atoms with E-state index in [9.17, 15) is 18.0 Å². The highest BCUT2D eigenvalue weighted by Gasteiger charge is 2.20. The van der Waals surface area contributed by atoms with Gasteiger partial charge in [0.1, 0.15) is 11.9 Å². The molecule has 2 rings (SSSR count). The van der Waals surface area contributed by atoms with E-state index < -0.39 is 36.1 Å². The van der Waals surface area contributed by atoms with E-state index in [0.29, 0.717) is 6.07 Å². The molecule has 0 aliphatic rings. The summed E-state index contributed by atoms with van der Waals surface area (Å²) in [5.41, 5.74) is 0. The van der Waals surface area contributed by atoms with Crippen molar-refractivity contribution in [3.63, 3.8) is 0 Å². The number of rotatable bonds is 4. The summed E-state index contributed by atoms with van der Waals surface area (Å²) in [4.78, 5) is 14.5. The fourth-order valence-electron chi connectivity index (χ4n) is 1.69. The molecule has 0 aliphatic heterocycles. The minimum absolute atomic E-state index is 0.122. The zero-order chi connectivity index (χ0) is 14.9. The summed E-state index contributed by atoms with van der Waals surface area (Å²) in [7, 11) is 0. The Morgan fingerprint density at radius 1 is 1.30 bits per heavy atom. The van der Waals surface area contributed by atoms with Crippen LogP contribution < -0.4 is 5.32 Å². The molecular weight excluding hydrogens is 277 g/mol. The fraction of sp³-hybridized carbons (Fsp3) is 0.167. The minimum atomic E-state index is -1.62. The fourth-order valence-corrected chi connectivity index (χ4v) is 1.69. The molecule has 0 radical (unpaired) electrons. The lowest BCUT2D eigenvalue weighted by atomic mass is 10.1. The predicted molar refractivity (Wildman–Crippen MR) is 63.7 cm³/mol.